The summed E-state index contributed by atoms with van der Waals surface area (Å²) in [6, 6.07) is 10.5. The maximum atomic E-state index is 12.8. The van der Waals surface area contributed by atoms with E-state index in [1.165, 1.54) is 12.1 Å². The van der Waals surface area contributed by atoms with E-state index >= 15 is 0 Å². The third-order valence-electron chi connectivity index (χ3n) is 5.35. The summed E-state index contributed by atoms with van der Waals surface area (Å²) in [6.45, 7) is 1.69. The van der Waals surface area contributed by atoms with Gasteiger partial charge in [-0.3, -0.25) is 4.79 Å². The van der Waals surface area contributed by atoms with Crippen molar-refractivity contribution in [2.24, 2.45) is 0 Å². The molecule has 7 nitrogen and oxygen atoms in total. The molecule has 0 aliphatic carbocycles. The fourth-order valence-electron chi connectivity index (χ4n) is 3.66. The van der Waals surface area contributed by atoms with Gasteiger partial charge in [-0.1, -0.05) is 6.07 Å². The van der Waals surface area contributed by atoms with E-state index in [2.05, 4.69) is 14.3 Å². The second-order valence-electron chi connectivity index (χ2n) is 7.28. The molecule has 4 rings (SSSR count). The van der Waals surface area contributed by atoms with Crippen LogP contribution in [0.25, 0.3) is 0 Å². The number of aromatic nitrogens is 2. The molecule has 0 radical (unpaired) electrons. The van der Waals surface area contributed by atoms with Crippen molar-refractivity contribution in [3.05, 3.63) is 70.9 Å². The van der Waals surface area contributed by atoms with Crippen LogP contribution in [-0.4, -0.2) is 48.4 Å². The fraction of sp³-hybridized carbons (Fsp3) is 0.333. The highest BCUT2D eigenvalue weighted by molar-refractivity contribution is 7.89. The quantitative estimate of drug-likeness (QED) is 0.607. The van der Waals surface area contributed by atoms with Crippen LogP contribution in [0, 0.1) is 0 Å². The molecule has 1 aliphatic heterocycles. The Bertz CT molecular complexity index is 1050. The smallest absolute Gasteiger partial charge is 0.253 e. The third-order valence-corrected chi connectivity index (χ3v) is 7.77. The molecule has 2 aromatic heterocycles. The number of benzene rings is 1. The zero-order valence-electron chi connectivity index (χ0n) is 16.5. The Morgan fingerprint density at radius 3 is 2.57 bits per heavy atom. The first kappa shape index (κ1) is 20.8. The summed E-state index contributed by atoms with van der Waals surface area (Å²) >= 11 is 1.61. The first-order valence-electron chi connectivity index (χ1n) is 9.92. The van der Waals surface area contributed by atoms with Crippen molar-refractivity contribution in [3.8, 4) is 0 Å². The number of rotatable bonds is 7. The molecule has 1 aliphatic rings. The van der Waals surface area contributed by atoms with Gasteiger partial charge in [0.1, 0.15) is 0 Å². The SMILES string of the molecule is O=C(c1ccc(S(=O)(=O)NCCc2cccs2)cc1)N1CCC(n2ccnc2)CC1. The molecule has 0 unspecified atom stereocenters. The standard InChI is InChI=1S/C21H24N4O3S2/c26-21(24-12-8-18(9-13-24)25-14-11-22-16-25)17-3-5-20(6-4-17)30(27,28)23-10-7-19-2-1-15-29-19/h1-6,11,14-16,18,23H,7-10,12-13H2. The van der Waals surface area contributed by atoms with Crippen molar-refractivity contribution in [2.75, 3.05) is 19.6 Å². The number of amides is 1. The van der Waals surface area contributed by atoms with Gasteiger partial charge in [0.25, 0.3) is 5.91 Å². The average molecular weight is 445 g/mol. The van der Waals surface area contributed by atoms with Gasteiger partial charge in [-0.05, 0) is 55.0 Å². The van der Waals surface area contributed by atoms with Crippen molar-refractivity contribution in [3.63, 3.8) is 0 Å². The number of likely N-dealkylation sites (tertiary alicyclic amines) is 1. The van der Waals surface area contributed by atoms with Crippen LogP contribution in [0.1, 0.15) is 34.1 Å². The largest absolute Gasteiger partial charge is 0.338 e. The molecule has 3 heterocycles. The van der Waals surface area contributed by atoms with Crippen LogP contribution < -0.4 is 4.72 Å². The van der Waals surface area contributed by atoms with Crippen LogP contribution in [0.5, 0.6) is 0 Å². The molecular formula is C21H24N4O3S2. The molecule has 1 saturated heterocycles. The molecule has 0 saturated carbocycles. The van der Waals surface area contributed by atoms with Crippen LogP contribution >= 0.6 is 11.3 Å². The normalized spacial score (nSPS) is 15.4. The molecule has 0 bridgehead atoms. The highest BCUT2D eigenvalue weighted by Crippen LogP contribution is 2.23. The Balaban J connectivity index is 1.33. The topological polar surface area (TPSA) is 84.3 Å². The van der Waals surface area contributed by atoms with Crippen LogP contribution in [0.15, 0.2) is 65.4 Å². The van der Waals surface area contributed by atoms with Gasteiger partial charge in [-0.15, -0.1) is 11.3 Å². The Hall–Kier alpha value is -2.49. The second kappa shape index (κ2) is 9.11. The Morgan fingerprint density at radius 1 is 1.17 bits per heavy atom. The average Bonchev–Trinajstić information content (AvgIpc) is 3.48. The van der Waals surface area contributed by atoms with Gasteiger partial charge in [-0.25, -0.2) is 18.1 Å². The zero-order chi connectivity index (χ0) is 21.0. The van der Waals surface area contributed by atoms with Crippen molar-refractivity contribution in [2.45, 2.75) is 30.2 Å². The molecule has 1 N–H and O–H groups in total. The number of thiophene rings is 1. The number of carbonyl (C=O) groups excluding carboxylic acids is 1. The molecule has 3 aromatic rings. The summed E-state index contributed by atoms with van der Waals surface area (Å²) in [4.78, 5) is 20.0. The summed E-state index contributed by atoms with van der Waals surface area (Å²) in [6.07, 6.45) is 7.95. The van der Waals surface area contributed by atoms with E-state index in [4.69, 9.17) is 0 Å². The lowest BCUT2D eigenvalue weighted by Crippen LogP contribution is -2.38. The first-order chi connectivity index (χ1) is 14.5. The number of piperidine rings is 1. The van der Waals surface area contributed by atoms with Crippen molar-refractivity contribution < 1.29 is 13.2 Å². The molecule has 1 fully saturated rings. The van der Waals surface area contributed by atoms with E-state index in [0.29, 0.717) is 37.7 Å². The predicted molar refractivity (Wildman–Crippen MR) is 116 cm³/mol. The lowest BCUT2D eigenvalue weighted by Gasteiger charge is -2.32. The van der Waals surface area contributed by atoms with E-state index in [0.717, 1.165) is 17.7 Å². The highest BCUT2D eigenvalue weighted by Gasteiger charge is 2.24. The van der Waals surface area contributed by atoms with E-state index in [1.54, 1.807) is 29.7 Å². The summed E-state index contributed by atoms with van der Waals surface area (Å²) in [5.41, 5.74) is 0.508. The molecule has 9 heteroatoms. The fourth-order valence-corrected chi connectivity index (χ4v) is 5.40. The highest BCUT2D eigenvalue weighted by atomic mass is 32.2. The lowest BCUT2D eigenvalue weighted by molar-refractivity contribution is 0.0694. The van der Waals surface area contributed by atoms with Crippen molar-refractivity contribution in [1.29, 1.82) is 0 Å². The van der Waals surface area contributed by atoms with E-state index in [9.17, 15) is 13.2 Å². The molecule has 0 atom stereocenters. The molecule has 1 aromatic carbocycles. The van der Waals surface area contributed by atoms with Gasteiger partial charge in [0.05, 0.1) is 11.2 Å². The molecule has 30 heavy (non-hydrogen) atoms. The third kappa shape index (κ3) is 4.80. The number of sulfonamides is 1. The first-order valence-corrected chi connectivity index (χ1v) is 12.3. The minimum atomic E-state index is -3.59. The Morgan fingerprint density at radius 2 is 1.93 bits per heavy atom. The number of carbonyl (C=O) groups is 1. The minimum absolute atomic E-state index is 0.0614. The minimum Gasteiger partial charge on any atom is -0.338 e. The van der Waals surface area contributed by atoms with E-state index in [1.807, 2.05) is 34.9 Å². The van der Waals surface area contributed by atoms with Gasteiger partial charge in [-0.2, -0.15) is 0 Å². The van der Waals surface area contributed by atoms with Crippen LogP contribution in [0.2, 0.25) is 0 Å². The van der Waals surface area contributed by atoms with Crippen molar-refractivity contribution >= 4 is 27.3 Å². The Labute approximate surface area is 180 Å². The predicted octanol–water partition coefficient (Wildman–Crippen LogP) is 2.94. The zero-order valence-corrected chi connectivity index (χ0v) is 18.1. The summed E-state index contributed by atoms with van der Waals surface area (Å²) in [5, 5.41) is 1.97. The van der Waals surface area contributed by atoms with Crippen LogP contribution in [-0.2, 0) is 16.4 Å². The van der Waals surface area contributed by atoms with Gasteiger partial charge >= 0.3 is 0 Å². The monoisotopic (exact) mass is 444 g/mol. The molecule has 0 spiro atoms. The number of hydrogen-bond donors (Lipinski definition) is 1. The van der Waals surface area contributed by atoms with Gasteiger partial charge < -0.3 is 9.47 Å². The van der Waals surface area contributed by atoms with Crippen LogP contribution in [0.3, 0.4) is 0 Å². The maximum Gasteiger partial charge on any atom is 0.253 e. The molecular weight excluding hydrogens is 420 g/mol. The summed E-state index contributed by atoms with van der Waals surface area (Å²) < 4.78 is 29.7. The number of hydrogen-bond acceptors (Lipinski definition) is 5. The second-order valence-corrected chi connectivity index (χ2v) is 10.1. The Kier molecular flexibility index (Phi) is 6.31. The summed E-state index contributed by atoms with van der Waals surface area (Å²) in [7, 11) is -3.59. The van der Waals surface area contributed by atoms with Gasteiger partial charge in [0.2, 0.25) is 10.0 Å². The number of imidazole rings is 1. The van der Waals surface area contributed by atoms with Crippen molar-refractivity contribution in [1.82, 2.24) is 19.2 Å². The van der Waals surface area contributed by atoms with E-state index < -0.39 is 10.0 Å². The number of nitrogens with zero attached hydrogens (tertiary/aromatic N) is 3. The van der Waals surface area contributed by atoms with Crippen LogP contribution in [0.4, 0.5) is 0 Å². The summed E-state index contributed by atoms with van der Waals surface area (Å²) in [5.74, 6) is -0.0614. The van der Waals surface area contributed by atoms with Gasteiger partial charge in [0, 0.05) is 48.5 Å². The van der Waals surface area contributed by atoms with Gasteiger partial charge in [0.15, 0.2) is 0 Å². The van der Waals surface area contributed by atoms with E-state index in [-0.39, 0.29) is 10.8 Å². The number of nitrogens with one attached hydrogen (secondary N) is 1. The molecule has 158 valence electrons. The lowest BCUT2D eigenvalue weighted by atomic mass is 10.0. The maximum absolute atomic E-state index is 12.8. The molecule has 1 amide bonds.